The summed E-state index contributed by atoms with van der Waals surface area (Å²) in [6.07, 6.45) is -20.8. The van der Waals surface area contributed by atoms with Gasteiger partial charge in [0, 0.05) is 0 Å². The lowest BCUT2D eigenvalue weighted by molar-refractivity contribution is -0.188. The molecule has 9 atom stereocenters. The Balaban J connectivity index is 6.18. The first-order valence-electron chi connectivity index (χ1n) is 8.36. The van der Waals surface area contributed by atoms with Crippen LogP contribution in [-0.2, 0) is 14.4 Å². The number of aliphatic hydroxyl groups is 12. The summed E-state index contributed by atoms with van der Waals surface area (Å²) in [6.45, 7) is -3.81. The Labute approximate surface area is 168 Å². The number of rotatable bonds is 14. The quantitative estimate of drug-likeness (QED) is 0.0870. The first-order chi connectivity index (χ1) is 13.7. The molecule has 0 heterocycles. The molecule has 0 aliphatic carbocycles. The van der Waals surface area contributed by atoms with E-state index in [0.717, 1.165) is 0 Å². The molecule has 15 nitrogen and oxygen atoms in total. The van der Waals surface area contributed by atoms with E-state index in [-0.39, 0.29) is 0 Å². The zero-order valence-corrected chi connectivity index (χ0v) is 15.3. The lowest BCUT2D eigenvalue weighted by Gasteiger charge is -2.35. The predicted octanol–water partition coefficient (Wildman–Crippen LogP) is -8.71. The standard InChI is InChI=1S/C15H26O15/c16-1-4(19)7(22)9(24)11(26)14(29)15(30,12(27)6(21)3-18)13(28)10(25)8(23)5(20)2-17/h4-10,12,16-25,27,30H,1-3H2/t4-,5-,6-,7-,8-,9-,10-,12-,15+/m1/s1. The second-order valence-corrected chi connectivity index (χ2v) is 6.39. The van der Waals surface area contributed by atoms with E-state index < -0.39 is 91.6 Å². The Morgan fingerprint density at radius 1 is 0.633 bits per heavy atom. The predicted molar refractivity (Wildman–Crippen MR) is 89.3 cm³/mol. The molecule has 0 aliphatic rings. The number of hydrogen-bond acceptors (Lipinski definition) is 15. The fraction of sp³-hybridized carbons (Fsp3) is 0.800. The smallest absolute Gasteiger partial charge is 0.243 e. The normalized spacial score (nSPS) is 22.0. The molecule has 0 aromatic carbocycles. The molecule has 0 saturated heterocycles. The highest BCUT2D eigenvalue weighted by Gasteiger charge is 2.59. The molecule has 0 aliphatic heterocycles. The van der Waals surface area contributed by atoms with Crippen LogP contribution in [-0.4, -0.2) is 153 Å². The molecule has 0 saturated carbocycles. The molecule has 12 N–H and O–H groups in total. The van der Waals surface area contributed by atoms with E-state index in [2.05, 4.69) is 0 Å². The van der Waals surface area contributed by atoms with E-state index in [1.807, 2.05) is 0 Å². The third-order valence-electron chi connectivity index (χ3n) is 4.27. The van der Waals surface area contributed by atoms with Crippen molar-refractivity contribution in [3.63, 3.8) is 0 Å². The highest BCUT2D eigenvalue weighted by atomic mass is 16.4. The molecule has 0 rings (SSSR count). The van der Waals surface area contributed by atoms with Crippen LogP contribution in [0.1, 0.15) is 0 Å². The van der Waals surface area contributed by atoms with Crippen molar-refractivity contribution in [3.8, 4) is 0 Å². The Hall–Kier alpha value is -1.47. The van der Waals surface area contributed by atoms with Crippen LogP contribution >= 0.6 is 0 Å². The van der Waals surface area contributed by atoms with E-state index in [4.69, 9.17) is 15.3 Å². The summed E-state index contributed by atoms with van der Waals surface area (Å²) in [7, 11) is 0. The van der Waals surface area contributed by atoms with Crippen molar-refractivity contribution >= 4 is 17.3 Å². The van der Waals surface area contributed by atoms with Gasteiger partial charge in [-0.25, -0.2) is 0 Å². The van der Waals surface area contributed by atoms with Crippen LogP contribution in [0.5, 0.6) is 0 Å². The van der Waals surface area contributed by atoms with Crippen LogP contribution in [0.15, 0.2) is 0 Å². The molecule has 30 heavy (non-hydrogen) atoms. The number of carbonyl (C=O) groups is 3. The van der Waals surface area contributed by atoms with Crippen molar-refractivity contribution in [2.45, 2.75) is 54.4 Å². The largest absolute Gasteiger partial charge is 0.394 e. The molecular formula is C15H26O15. The summed E-state index contributed by atoms with van der Waals surface area (Å²) in [5.41, 5.74) is -4.14. The molecule has 0 aromatic rings. The summed E-state index contributed by atoms with van der Waals surface area (Å²) in [6, 6.07) is 0. The van der Waals surface area contributed by atoms with Gasteiger partial charge in [-0.2, -0.15) is 0 Å². The first-order valence-corrected chi connectivity index (χ1v) is 8.36. The van der Waals surface area contributed by atoms with Crippen molar-refractivity contribution in [1.29, 1.82) is 0 Å². The SMILES string of the molecule is O=C(C(=O)[C@@](O)(C(=O)[C@H](O)[C@H](O)[C@H](O)CO)[C@H](O)[C@H](O)CO)[C@H](O)[C@H](O)[C@H](O)CO. The van der Waals surface area contributed by atoms with Crippen molar-refractivity contribution in [2.75, 3.05) is 19.8 Å². The fourth-order valence-electron chi connectivity index (χ4n) is 2.26. The average Bonchev–Trinajstić information content (AvgIpc) is 2.77. The zero-order valence-electron chi connectivity index (χ0n) is 15.3. The minimum Gasteiger partial charge on any atom is -0.394 e. The topological polar surface area (TPSA) is 294 Å². The average molecular weight is 446 g/mol. The molecular weight excluding hydrogens is 420 g/mol. The van der Waals surface area contributed by atoms with E-state index in [0.29, 0.717) is 0 Å². The van der Waals surface area contributed by atoms with Crippen LogP contribution in [0, 0.1) is 0 Å². The number of ketones is 3. The highest BCUT2D eigenvalue weighted by Crippen LogP contribution is 2.23. The maximum absolute atomic E-state index is 12.4. The number of carbonyl (C=O) groups excluding carboxylic acids is 3. The van der Waals surface area contributed by atoms with E-state index in [9.17, 15) is 60.3 Å². The number of Topliss-reactive ketones (excluding diaryl/α,β-unsaturated/α-hetero) is 3. The van der Waals surface area contributed by atoms with Crippen molar-refractivity contribution in [1.82, 2.24) is 0 Å². The van der Waals surface area contributed by atoms with Gasteiger partial charge in [-0.15, -0.1) is 0 Å². The summed E-state index contributed by atoms with van der Waals surface area (Å²) in [5.74, 6) is -6.97. The fourth-order valence-corrected chi connectivity index (χ4v) is 2.26. The molecule has 0 aromatic heterocycles. The summed E-state index contributed by atoms with van der Waals surface area (Å²) in [5, 5.41) is 113. The van der Waals surface area contributed by atoms with Crippen molar-refractivity contribution < 1.29 is 75.7 Å². The summed E-state index contributed by atoms with van der Waals surface area (Å²) >= 11 is 0. The minimum atomic E-state index is -4.14. The molecule has 0 bridgehead atoms. The van der Waals surface area contributed by atoms with Gasteiger partial charge in [0.1, 0.15) is 48.8 Å². The van der Waals surface area contributed by atoms with Crippen LogP contribution < -0.4 is 0 Å². The van der Waals surface area contributed by atoms with Gasteiger partial charge in [0.2, 0.25) is 23.0 Å². The first kappa shape index (κ1) is 28.5. The third-order valence-corrected chi connectivity index (χ3v) is 4.27. The van der Waals surface area contributed by atoms with Crippen LogP contribution in [0.25, 0.3) is 0 Å². The van der Waals surface area contributed by atoms with Crippen LogP contribution in [0.3, 0.4) is 0 Å². The highest BCUT2D eigenvalue weighted by molar-refractivity contribution is 6.46. The van der Waals surface area contributed by atoms with Crippen molar-refractivity contribution in [2.24, 2.45) is 0 Å². The second-order valence-electron chi connectivity index (χ2n) is 6.39. The molecule has 15 heteroatoms. The summed E-state index contributed by atoms with van der Waals surface area (Å²) < 4.78 is 0. The summed E-state index contributed by atoms with van der Waals surface area (Å²) in [4.78, 5) is 36.9. The van der Waals surface area contributed by atoms with Gasteiger partial charge < -0.3 is 61.3 Å². The third kappa shape index (κ3) is 5.82. The Bertz CT molecular complexity index is 597. The molecule has 0 spiro atoms. The van der Waals surface area contributed by atoms with Crippen LogP contribution in [0.2, 0.25) is 0 Å². The Morgan fingerprint density at radius 3 is 1.37 bits per heavy atom. The van der Waals surface area contributed by atoms with Gasteiger partial charge in [-0.05, 0) is 0 Å². The van der Waals surface area contributed by atoms with Gasteiger partial charge in [0.15, 0.2) is 0 Å². The minimum absolute atomic E-state index is 1.20. The van der Waals surface area contributed by atoms with Gasteiger partial charge in [0.25, 0.3) is 0 Å². The second kappa shape index (κ2) is 11.8. The number of hydrogen-bond donors (Lipinski definition) is 12. The van der Waals surface area contributed by atoms with E-state index in [1.165, 1.54) is 0 Å². The van der Waals surface area contributed by atoms with Gasteiger partial charge in [-0.3, -0.25) is 14.4 Å². The molecule has 0 fully saturated rings. The van der Waals surface area contributed by atoms with E-state index >= 15 is 0 Å². The maximum atomic E-state index is 12.4. The molecule has 176 valence electrons. The van der Waals surface area contributed by atoms with Gasteiger partial charge in [0.05, 0.1) is 19.8 Å². The maximum Gasteiger partial charge on any atom is 0.243 e. The number of aliphatic hydroxyl groups excluding tert-OH is 11. The van der Waals surface area contributed by atoms with Crippen LogP contribution in [0.4, 0.5) is 0 Å². The van der Waals surface area contributed by atoms with Gasteiger partial charge in [-0.1, -0.05) is 0 Å². The Kier molecular flexibility index (Phi) is 11.2. The molecule has 0 radical (unpaired) electrons. The van der Waals surface area contributed by atoms with Crippen molar-refractivity contribution in [3.05, 3.63) is 0 Å². The Morgan fingerprint density at radius 2 is 1.00 bits per heavy atom. The molecule has 0 unspecified atom stereocenters. The molecule has 0 amide bonds. The monoisotopic (exact) mass is 446 g/mol. The van der Waals surface area contributed by atoms with Gasteiger partial charge >= 0.3 is 0 Å². The van der Waals surface area contributed by atoms with E-state index in [1.54, 1.807) is 0 Å². The lowest BCUT2D eigenvalue weighted by Crippen LogP contribution is -2.68. The lowest BCUT2D eigenvalue weighted by atomic mass is 9.78. The zero-order chi connectivity index (χ0) is 24.0.